The van der Waals surface area contributed by atoms with Crippen molar-refractivity contribution in [3.63, 3.8) is 0 Å². The highest BCUT2D eigenvalue weighted by Gasteiger charge is 2.25. The molecule has 0 spiro atoms. The molecular formula is C16H26Cl2F2N2O. The van der Waals surface area contributed by atoms with Crippen molar-refractivity contribution in [3.05, 3.63) is 29.8 Å². The first-order valence-corrected chi connectivity index (χ1v) is 7.71. The average Bonchev–Trinajstić information content (AvgIpc) is 2.50. The zero-order chi connectivity index (χ0) is 15.1. The fourth-order valence-electron chi connectivity index (χ4n) is 2.89. The first kappa shape index (κ1) is 22.4. The Hall–Kier alpha value is -0.620. The molecular weight excluding hydrogens is 345 g/mol. The smallest absolute Gasteiger partial charge is 0.387 e. The Morgan fingerprint density at radius 2 is 1.83 bits per heavy atom. The molecule has 0 radical (unpaired) electrons. The van der Waals surface area contributed by atoms with Crippen molar-refractivity contribution < 1.29 is 13.5 Å². The van der Waals surface area contributed by atoms with Crippen molar-refractivity contribution in [2.24, 2.45) is 0 Å². The highest BCUT2D eigenvalue weighted by molar-refractivity contribution is 5.85. The monoisotopic (exact) mass is 370 g/mol. The molecule has 3 nitrogen and oxygen atoms in total. The van der Waals surface area contributed by atoms with Crippen LogP contribution in [0.1, 0.15) is 37.8 Å². The van der Waals surface area contributed by atoms with Gasteiger partial charge < -0.3 is 10.1 Å². The van der Waals surface area contributed by atoms with Crippen LogP contribution in [0.4, 0.5) is 8.78 Å². The molecule has 1 heterocycles. The summed E-state index contributed by atoms with van der Waals surface area (Å²) in [5, 5.41) is 3.33. The van der Waals surface area contributed by atoms with Crippen molar-refractivity contribution in [2.45, 2.75) is 38.8 Å². The van der Waals surface area contributed by atoms with Crippen LogP contribution >= 0.6 is 24.8 Å². The third kappa shape index (κ3) is 6.79. The van der Waals surface area contributed by atoms with Gasteiger partial charge in [-0.2, -0.15) is 8.78 Å². The largest absolute Gasteiger partial charge is 0.434 e. The minimum absolute atomic E-state index is 0. The van der Waals surface area contributed by atoms with Gasteiger partial charge in [0.1, 0.15) is 5.75 Å². The molecule has 1 fully saturated rings. The second-order valence-electron chi connectivity index (χ2n) is 5.36. The molecule has 0 aliphatic carbocycles. The van der Waals surface area contributed by atoms with Gasteiger partial charge in [-0.3, -0.25) is 4.90 Å². The van der Waals surface area contributed by atoms with Crippen LogP contribution in [0.25, 0.3) is 0 Å². The first-order chi connectivity index (χ1) is 10.2. The van der Waals surface area contributed by atoms with Crippen molar-refractivity contribution in [2.75, 3.05) is 26.2 Å². The van der Waals surface area contributed by atoms with E-state index in [1.807, 2.05) is 12.1 Å². The summed E-state index contributed by atoms with van der Waals surface area (Å²) in [4.78, 5) is 2.37. The third-order valence-electron chi connectivity index (χ3n) is 3.92. The van der Waals surface area contributed by atoms with Crippen LogP contribution in [0.3, 0.4) is 0 Å². The number of hydrogen-bond acceptors (Lipinski definition) is 3. The Labute approximate surface area is 149 Å². The number of ether oxygens (including phenoxy) is 1. The number of unbranched alkanes of at least 4 members (excludes halogenated alkanes) is 1. The maximum atomic E-state index is 12.6. The van der Waals surface area contributed by atoms with Crippen molar-refractivity contribution in [1.29, 1.82) is 0 Å². The highest BCUT2D eigenvalue weighted by Crippen LogP contribution is 2.34. The van der Waals surface area contributed by atoms with E-state index in [0.717, 1.165) is 51.0 Å². The standard InChI is InChI=1S/C16H24F2N2O.2ClH/c1-2-3-7-14(20-11-9-19-10-12-20)13-6-4-5-8-15(13)21-16(17)18;;/h4-6,8,14,16,19H,2-3,7,9-12H2,1H3;2*1H/t14-;;/m0../s1. The van der Waals surface area contributed by atoms with Gasteiger partial charge >= 0.3 is 6.61 Å². The number of hydrogen-bond donors (Lipinski definition) is 1. The number of nitrogens with one attached hydrogen (secondary N) is 1. The number of alkyl halides is 2. The summed E-state index contributed by atoms with van der Waals surface area (Å²) in [6.45, 7) is 3.15. The normalized spacial score (nSPS) is 16.3. The van der Waals surface area contributed by atoms with Gasteiger partial charge in [-0.1, -0.05) is 38.0 Å². The van der Waals surface area contributed by atoms with Crippen LogP contribution < -0.4 is 10.1 Å². The van der Waals surface area contributed by atoms with Crippen LogP contribution in [0, 0.1) is 0 Å². The predicted octanol–water partition coefficient (Wildman–Crippen LogP) is 4.27. The molecule has 1 aromatic carbocycles. The van der Waals surface area contributed by atoms with Gasteiger partial charge in [-0.25, -0.2) is 0 Å². The molecule has 0 amide bonds. The Kier molecular flexibility index (Phi) is 11.5. The van der Waals surface area contributed by atoms with Crippen LogP contribution in [-0.2, 0) is 0 Å². The molecule has 1 aliphatic rings. The van der Waals surface area contributed by atoms with Gasteiger partial charge in [-0.05, 0) is 12.5 Å². The SMILES string of the molecule is CCCC[C@@H](c1ccccc1OC(F)F)N1CCNCC1.Cl.Cl. The lowest BCUT2D eigenvalue weighted by Crippen LogP contribution is -2.45. The molecule has 134 valence electrons. The van der Waals surface area contributed by atoms with E-state index in [0.29, 0.717) is 5.75 Å². The van der Waals surface area contributed by atoms with E-state index in [-0.39, 0.29) is 30.9 Å². The van der Waals surface area contributed by atoms with E-state index >= 15 is 0 Å². The van der Waals surface area contributed by atoms with Gasteiger partial charge in [0.2, 0.25) is 0 Å². The average molecular weight is 371 g/mol. The summed E-state index contributed by atoms with van der Waals surface area (Å²) in [6.07, 6.45) is 3.15. The molecule has 0 bridgehead atoms. The Bertz CT molecular complexity index is 432. The molecule has 0 aromatic heterocycles. The zero-order valence-electron chi connectivity index (χ0n) is 13.3. The second kappa shape index (κ2) is 11.8. The molecule has 7 heteroatoms. The minimum Gasteiger partial charge on any atom is -0.434 e. The van der Waals surface area contributed by atoms with Crippen LogP contribution in [0.15, 0.2) is 24.3 Å². The number of piperazine rings is 1. The molecule has 23 heavy (non-hydrogen) atoms. The lowest BCUT2D eigenvalue weighted by molar-refractivity contribution is -0.0513. The van der Waals surface area contributed by atoms with E-state index in [1.165, 1.54) is 0 Å². The number of benzene rings is 1. The quantitative estimate of drug-likeness (QED) is 0.775. The Morgan fingerprint density at radius 3 is 2.43 bits per heavy atom. The molecule has 0 saturated carbocycles. The predicted molar refractivity (Wildman–Crippen MR) is 94.3 cm³/mol. The number of halogens is 4. The van der Waals surface area contributed by atoms with E-state index in [2.05, 4.69) is 17.1 Å². The van der Waals surface area contributed by atoms with Gasteiger partial charge in [-0.15, -0.1) is 24.8 Å². The summed E-state index contributed by atoms with van der Waals surface area (Å²) in [7, 11) is 0. The molecule has 1 aliphatic heterocycles. The molecule has 1 atom stereocenters. The lowest BCUT2D eigenvalue weighted by Gasteiger charge is -2.36. The summed E-state index contributed by atoms with van der Waals surface area (Å²) in [6, 6.07) is 7.36. The second-order valence-corrected chi connectivity index (χ2v) is 5.36. The highest BCUT2D eigenvalue weighted by atomic mass is 35.5. The Balaban J connectivity index is 0.00000242. The van der Waals surface area contributed by atoms with Gasteiger partial charge in [0.25, 0.3) is 0 Å². The summed E-state index contributed by atoms with van der Waals surface area (Å²) < 4.78 is 29.9. The molecule has 1 N–H and O–H groups in total. The molecule has 1 aromatic rings. The fourth-order valence-corrected chi connectivity index (χ4v) is 2.89. The summed E-state index contributed by atoms with van der Waals surface area (Å²) >= 11 is 0. The van der Waals surface area contributed by atoms with Crippen molar-refractivity contribution in [1.82, 2.24) is 10.2 Å². The first-order valence-electron chi connectivity index (χ1n) is 7.71. The maximum absolute atomic E-state index is 12.6. The fraction of sp³-hybridized carbons (Fsp3) is 0.625. The van der Waals surface area contributed by atoms with Crippen LogP contribution in [0.2, 0.25) is 0 Å². The lowest BCUT2D eigenvalue weighted by atomic mass is 9.98. The molecule has 0 unspecified atom stereocenters. The van der Waals surface area contributed by atoms with Crippen molar-refractivity contribution >= 4 is 24.8 Å². The van der Waals surface area contributed by atoms with E-state index in [1.54, 1.807) is 12.1 Å². The third-order valence-corrected chi connectivity index (χ3v) is 3.92. The minimum atomic E-state index is -2.78. The Morgan fingerprint density at radius 1 is 1.17 bits per heavy atom. The van der Waals surface area contributed by atoms with Crippen molar-refractivity contribution in [3.8, 4) is 5.75 Å². The number of nitrogens with zero attached hydrogens (tertiary/aromatic N) is 1. The van der Waals surface area contributed by atoms with Crippen LogP contribution in [0.5, 0.6) is 5.75 Å². The van der Waals surface area contributed by atoms with Gasteiger partial charge in [0.05, 0.1) is 0 Å². The van der Waals surface area contributed by atoms with E-state index < -0.39 is 6.61 Å². The topological polar surface area (TPSA) is 24.5 Å². The summed E-state index contributed by atoms with van der Waals surface area (Å²) in [5.74, 6) is 0.312. The molecule has 2 rings (SSSR count). The molecule has 1 saturated heterocycles. The van der Waals surface area contributed by atoms with E-state index in [4.69, 9.17) is 4.74 Å². The summed E-state index contributed by atoms with van der Waals surface area (Å²) in [5.41, 5.74) is 0.883. The number of para-hydroxylation sites is 1. The van der Waals surface area contributed by atoms with Crippen LogP contribution in [-0.4, -0.2) is 37.7 Å². The maximum Gasteiger partial charge on any atom is 0.387 e. The number of rotatable bonds is 7. The van der Waals surface area contributed by atoms with Gasteiger partial charge in [0.15, 0.2) is 0 Å². The zero-order valence-corrected chi connectivity index (χ0v) is 15.0. The van der Waals surface area contributed by atoms with Gasteiger partial charge in [0, 0.05) is 37.8 Å². The van der Waals surface area contributed by atoms with E-state index in [9.17, 15) is 8.78 Å².